The van der Waals surface area contributed by atoms with Gasteiger partial charge in [0.1, 0.15) is 0 Å². The summed E-state index contributed by atoms with van der Waals surface area (Å²) < 4.78 is 0. The van der Waals surface area contributed by atoms with Gasteiger partial charge in [0.25, 0.3) is 0 Å². The predicted molar refractivity (Wildman–Crippen MR) is 118 cm³/mol. The van der Waals surface area contributed by atoms with Crippen LogP contribution in [0.3, 0.4) is 0 Å². The van der Waals surface area contributed by atoms with Crippen LogP contribution in [0.5, 0.6) is 0 Å². The minimum absolute atomic E-state index is 0.0293. The molecule has 1 saturated carbocycles. The van der Waals surface area contributed by atoms with Gasteiger partial charge in [-0.05, 0) is 30.2 Å². The lowest BCUT2D eigenvalue weighted by atomic mass is 9.85. The largest absolute Gasteiger partial charge is 0.356 e. The van der Waals surface area contributed by atoms with Gasteiger partial charge in [-0.15, -0.1) is 0 Å². The van der Waals surface area contributed by atoms with Crippen molar-refractivity contribution in [3.63, 3.8) is 0 Å². The summed E-state index contributed by atoms with van der Waals surface area (Å²) in [5.74, 6) is 1.15. The molecular weight excluding hydrogens is 376 g/mol. The number of carbonyl (C=O) groups is 2. The highest BCUT2D eigenvalue weighted by atomic mass is 16.2. The molecule has 2 amide bonds. The number of hydrogen-bond donors (Lipinski definition) is 2. The number of allylic oxidation sites excluding steroid dienone is 2. The van der Waals surface area contributed by atoms with E-state index in [4.69, 9.17) is 0 Å². The molecule has 2 aliphatic carbocycles. The van der Waals surface area contributed by atoms with E-state index in [9.17, 15) is 9.59 Å². The van der Waals surface area contributed by atoms with Gasteiger partial charge in [-0.25, -0.2) is 0 Å². The number of rotatable bonds is 7. The van der Waals surface area contributed by atoms with Gasteiger partial charge in [-0.2, -0.15) is 0 Å². The highest BCUT2D eigenvalue weighted by Crippen LogP contribution is 2.52. The number of guanidine groups is 1. The van der Waals surface area contributed by atoms with E-state index in [2.05, 4.69) is 65.9 Å². The van der Waals surface area contributed by atoms with Crippen molar-refractivity contribution in [2.75, 3.05) is 26.7 Å². The maximum absolute atomic E-state index is 12.7. The van der Waals surface area contributed by atoms with Crippen molar-refractivity contribution in [3.8, 4) is 0 Å². The fourth-order valence-electron chi connectivity index (χ4n) is 5.15. The molecule has 1 heterocycles. The number of hydrogen-bond acceptors (Lipinski definition) is 3. The summed E-state index contributed by atoms with van der Waals surface area (Å²) in [6, 6.07) is 10.4. The lowest BCUT2D eigenvalue weighted by molar-refractivity contribution is -0.140. The Morgan fingerprint density at radius 1 is 1.07 bits per heavy atom. The molecule has 0 spiro atoms. The standard InChI is InChI=1S/C24H32N4O2/c1-24(2,18-8-5-4-6-9-18)15-27-23(25-3)26-12-7-13-28-21(29)19-16-10-11-17(14-16)20(19)22(28)30/h4-6,8-11,16-17,19-20H,7,12-15H2,1-3H3,(H2,25,26,27). The first-order valence-electron chi connectivity index (χ1n) is 11.0. The molecule has 2 bridgehead atoms. The summed E-state index contributed by atoms with van der Waals surface area (Å²) in [6.07, 6.45) is 5.95. The third-order valence-corrected chi connectivity index (χ3v) is 6.89. The number of fused-ring (bicyclic) bond motifs is 5. The summed E-state index contributed by atoms with van der Waals surface area (Å²) >= 11 is 0. The van der Waals surface area contributed by atoms with Gasteiger partial charge in [0, 0.05) is 32.1 Å². The van der Waals surface area contributed by atoms with Gasteiger partial charge >= 0.3 is 0 Å². The zero-order chi connectivity index (χ0) is 21.3. The Labute approximate surface area is 178 Å². The van der Waals surface area contributed by atoms with Gasteiger partial charge in [0.05, 0.1) is 11.8 Å². The molecule has 2 N–H and O–H groups in total. The highest BCUT2D eigenvalue weighted by Gasteiger charge is 2.58. The monoisotopic (exact) mass is 408 g/mol. The SMILES string of the molecule is CN=C(NCCCN1C(=O)C2C3C=CC(C3)C2C1=O)NCC(C)(C)c1ccccc1. The first-order valence-corrected chi connectivity index (χ1v) is 11.0. The quantitative estimate of drug-likeness (QED) is 0.239. The number of aliphatic imine (C=N–C) groups is 1. The Hall–Kier alpha value is -2.63. The van der Waals surface area contributed by atoms with Crippen LogP contribution in [0.1, 0.15) is 32.3 Å². The van der Waals surface area contributed by atoms with E-state index >= 15 is 0 Å². The molecule has 4 unspecified atom stereocenters. The number of imide groups is 1. The highest BCUT2D eigenvalue weighted by molar-refractivity contribution is 6.06. The minimum Gasteiger partial charge on any atom is -0.356 e. The first-order chi connectivity index (χ1) is 14.4. The molecule has 6 nitrogen and oxygen atoms in total. The third kappa shape index (κ3) is 3.75. The number of benzene rings is 1. The molecule has 4 rings (SSSR count). The number of carbonyl (C=O) groups excluding carboxylic acids is 2. The second-order valence-electron chi connectivity index (χ2n) is 9.28. The lowest BCUT2D eigenvalue weighted by Gasteiger charge is -2.27. The summed E-state index contributed by atoms with van der Waals surface area (Å²) in [7, 11) is 1.75. The van der Waals surface area contributed by atoms with Crippen LogP contribution in [-0.2, 0) is 15.0 Å². The number of likely N-dealkylation sites (tertiary alicyclic amines) is 1. The normalized spacial score (nSPS) is 27.7. The molecular formula is C24H32N4O2. The molecule has 160 valence electrons. The molecule has 3 aliphatic rings. The minimum atomic E-state index is -0.102. The van der Waals surface area contributed by atoms with E-state index in [1.807, 2.05) is 6.07 Å². The molecule has 1 aliphatic heterocycles. The van der Waals surface area contributed by atoms with Crippen LogP contribution in [-0.4, -0.2) is 49.4 Å². The second-order valence-corrected chi connectivity index (χ2v) is 9.28. The molecule has 0 aromatic heterocycles. The smallest absolute Gasteiger partial charge is 0.233 e. The van der Waals surface area contributed by atoms with Crippen molar-refractivity contribution in [1.82, 2.24) is 15.5 Å². The Morgan fingerprint density at radius 2 is 1.70 bits per heavy atom. The molecule has 1 saturated heterocycles. The molecule has 2 fully saturated rings. The maximum atomic E-state index is 12.7. The van der Waals surface area contributed by atoms with E-state index in [0.29, 0.717) is 19.5 Å². The summed E-state index contributed by atoms with van der Waals surface area (Å²) in [5, 5.41) is 6.69. The van der Waals surface area contributed by atoms with Crippen LogP contribution in [0.2, 0.25) is 0 Å². The van der Waals surface area contributed by atoms with E-state index in [-0.39, 0.29) is 40.9 Å². The van der Waals surface area contributed by atoms with Gasteiger partial charge in [0.15, 0.2) is 5.96 Å². The van der Waals surface area contributed by atoms with Gasteiger partial charge in [0.2, 0.25) is 11.8 Å². The van der Waals surface area contributed by atoms with E-state index < -0.39 is 0 Å². The van der Waals surface area contributed by atoms with Crippen LogP contribution < -0.4 is 10.6 Å². The van der Waals surface area contributed by atoms with Gasteiger partial charge < -0.3 is 10.6 Å². The summed E-state index contributed by atoms with van der Waals surface area (Å²) in [5.41, 5.74) is 1.24. The Kier molecular flexibility index (Phi) is 5.67. The molecule has 1 aromatic rings. The Bertz CT molecular complexity index is 831. The molecule has 4 atom stereocenters. The van der Waals surface area contributed by atoms with E-state index in [1.54, 1.807) is 7.05 Å². The second kappa shape index (κ2) is 8.25. The van der Waals surface area contributed by atoms with Crippen molar-refractivity contribution >= 4 is 17.8 Å². The van der Waals surface area contributed by atoms with Crippen molar-refractivity contribution in [1.29, 1.82) is 0 Å². The van der Waals surface area contributed by atoms with Crippen molar-refractivity contribution in [3.05, 3.63) is 48.0 Å². The average Bonchev–Trinajstić information content (AvgIpc) is 3.43. The topological polar surface area (TPSA) is 73.8 Å². The van der Waals surface area contributed by atoms with Crippen molar-refractivity contribution in [2.45, 2.75) is 32.1 Å². The predicted octanol–water partition coefficient (Wildman–Crippen LogP) is 2.33. The van der Waals surface area contributed by atoms with Crippen LogP contribution in [0.4, 0.5) is 0 Å². The number of nitrogens with one attached hydrogen (secondary N) is 2. The van der Waals surface area contributed by atoms with Crippen LogP contribution in [0.25, 0.3) is 0 Å². The molecule has 30 heavy (non-hydrogen) atoms. The molecule has 6 heteroatoms. The van der Waals surface area contributed by atoms with E-state index in [1.165, 1.54) is 10.5 Å². The van der Waals surface area contributed by atoms with Gasteiger partial charge in [-0.3, -0.25) is 19.5 Å². The third-order valence-electron chi connectivity index (χ3n) is 6.89. The molecule has 0 radical (unpaired) electrons. The number of amides is 2. The number of nitrogens with zero attached hydrogens (tertiary/aromatic N) is 2. The van der Waals surface area contributed by atoms with Crippen LogP contribution in [0, 0.1) is 23.7 Å². The van der Waals surface area contributed by atoms with Gasteiger partial charge in [-0.1, -0.05) is 56.3 Å². The van der Waals surface area contributed by atoms with E-state index in [0.717, 1.165) is 18.9 Å². The van der Waals surface area contributed by atoms with Crippen LogP contribution >= 0.6 is 0 Å². The zero-order valence-electron chi connectivity index (χ0n) is 18.1. The zero-order valence-corrected chi connectivity index (χ0v) is 18.1. The average molecular weight is 409 g/mol. The van der Waals surface area contributed by atoms with Crippen molar-refractivity contribution < 1.29 is 9.59 Å². The maximum Gasteiger partial charge on any atom is 0.233 e. The van der Waals surface area contributed by atoms with Crippen molar-refractivity contribution in [2.24, 2.45) is 28.7 Å². The summed E-state index contributed by atoms with van der Waals surface area (Å²) in [4.78, 5) is 31.3. The Morgan fingerprint density at radius 3 is 2.30 bits per heavy atom. The lowest BCUT2D eigenvalue weighted by Crippen LogP contribution is -2.44. The summed E-state index contributed by atoms with van der Waals surface area (Å²) in [6.45, 7) is 6.28. The first kappa shape index (κ1) is 20.6. The fourth-order valence-corrected chi connectivity index (χ4v) is 5.15. The Balaban J connectivity index is 1.22. The van der Waals surface area contributed by atoms with Crippen LogP contribution in [0.15, 0.2) is 47.5 Å². The fraction of sp³-hybridized carbons (Fsp3) is 0.542. The molecule has 1 aromatic carbocycles.